The van der Waals surface area contributed by atoms with Crippen molar-refractivity contribution in [2.24, 2.45) is 0 Å². The molecule has 1 aromatic heterocycles. The maximum atomic E-state index is 4.87. The number of nitrogens with zero attached hydrogens (tertiary/aromatic N) is 2. The number of anilines is 1. The summed E-state index contributed by atoms with van der Waals surface area (Å²) < 4.78 is 1.31. The Kier molecular flexibility index (Phi) is 3.36. The van der Waals surface area contributed by atoms with Crippen LogP contribution in [0.1, 0.15) is 32.1 Å². The van der Waals surface area contributed by atoms with E-state index in [2.05, 4.69) is 34.5 Å². The van der Waals surface area contributed by atoms with Crippen LogP contribution in [0.2, 0.25) is 0 Å². The van der Waals surface area contributed by atoms with Gasteiger partial charge in [0.15, 0.2) is 5.13 Å². The molecule has 1 aromatic carbocycles. The molecule has 20 heavy (non-hydrogen) atoms. The normalized spacial score (nSPS) is 27.3. The van der Waals surface area contributed by atoms with Crippen LogP contribution in [0.3, 0.4) is 0 Å². The van der Waals surface area contributed by atoms with Gasteiger partial charge < -0.3 is 10.2 Å². The summed E-state index contributed by atoms with van der Waals surface area (Å²) >= 11 is 1.85. The molecule has 4 heteroatoms. The Hall–Kier alpha value is -1.13. The third-order valence-electron chi connectivity index (χ3n) is 4.64. The first-order chi connectivity index (χ1) is 9.92. The average molecular weight is 287 g/mol. The molecule has 2 saturated heterocycles. The summed E-state index contributed by atoms with van der Waals surface area (Å²) in [4.78, 5) is 7.46. The molecule has 0 amide bonds. The second-order valence-electron chi connectivity index (χ2n) is 5.92. The quantitative estimate of drug-likeness (QED) is 0.917. The van der Waals surface area contributed by atoms with E-state index in [1.165, 1.54) is 55.0 Å². The van der Waals surface area contributed by atoms with E-state index < -0.39 is 0 Å². The highest BCUT2D eigenvalue weighted by atomic mass is 32.1. The van der Waals surface area contributed by atoms with Crippen LogP contribution in [0.15, 0.2) is 24.3 Å². The van der Waals surface area contributed by atoms with E-state index in [-0.39, 0.29) is 0 Å². The van der Waals surface area contributed by atoms with Crippen LogP contribution in [-0.2, 0) is 0 Å². The SMILES string of the molecule is c1ccc2sc(N3CCCCC3C3CCCN3)nc2c1. The number of para-hydroxylation sites is 1. The van der Waals surface area contributed by atoms with Gasteiger partial charge in [0.25, 0.3) is 0 Å². The maximum Gasteiger partial charge on any atom is 0.186 e. The van der Waals surface area contributed by atoms with Gasteiger partial charge in [-0.3, -0.25) is 0 Å². The van der Waals surface area contributed by atoms with Gasteiger partial charge in [0, 0.05) is 18.6 Å². The van der Waals surface area contributed by atoms with Gasteiger partial charge in [0.2, 0.25) is 0 Å². The molecule has 2 atom stereocenters. The minimum Gasteiger partial charge on any atom is -0.344 e. The van der Waals surface area contributed by atoms with E-state index in [0.717, 1.165) is 5.52 Å². The van der Waals surface area contributed by atoms with E-state index in [4.69, 9.17) is 4.98 Å². The van der Waals surface area contributed by atoms with Crippen LogP contribution >= 0.6 is 11.3 Å². The van der Waals surface area contributed by atoms with Crippen molar-refractivity contribution >= 4 is 26.7 Å². The molecule has 3 nitrogen and oxygen atoms in total. The lowest BCUT2D eigenvalue weighted by molar-refractivity contribution is 0.378. The second kappa shape index (κ2) is 5.34. The van der Waals surface area contributed by atoms with E-state index >= 15 is 0 Å². The first-order valence-corrected chi connectivity index (χ1v) is 8.59. The minimum atomic E-state index is 0.645. The Morgan fingerprint density at radius 3 is 2.95 bits per heavy atom. The zero-order chi connectivity index (χ0) is 13.4. The van der Waals surface area contributed by atoms with Crippen molar-refractivity contribution in [1.29, 1.82) is 0 Å². The van der Waals surface area contributed by atoms with Crippen molar-refractivity contribution in [1.82, 2.24) is 10.3 Å². The van der Waals surface area contributed by atoms with Gasteiger partial charge in [-0.15, -0.1) is 0 Å². The molecule has 0 radical (unpaired) electrons. The molecule has 1 N–H and O–H groups in total. The van der Waals surface area contributed by atoms with E-state index in [9.17, 15) is 0 Å². The molecule has 0 aliphatic carbocycles. The summed E-state index contributed by atoms with van der Waals surface area (Å²) in [5.74, 6) is 0. The monoisotopic (exact) mass is 287 g/mol. The number of nitrogens with one attached hydrogen (secondary N) is 1. The van der Waals surface area contributed by atoms with Gasteiger partial charge >= 0.3 is 0 Å². The molecule has 0 spiro atoms. The summed E-state index contributed by atoms with van der Waals surface area (Å²) in [5, 5.41) is 4.92. The molecule has 3 heterocycles. The first-order valence-electron chi connectivity index (χ1n) is 7.77. The highest BCUT2D eigenvalue weighted by Gasteiger charge is 2.32. The molecule has 2 aliphatic heterocycles. The number of piperidine rings is 1. The van der Waals surface area contributed by atoms with Crippen LogP contribution in [0.5, 0.6) is 0 Å². The number of thiazole rings is 1. The molecule has 2 unspecified atom stereocenters. The molecule has 0 saturated carbocycles. The second-order valence-corrected chi connectivity index (χ2v) is 6.93. The van der Waals surface area contributed by atoms with Gasteiger partial charge in [-0.2, -0.15) is 0 Å². The number of fused-ring (bicyclic) bond motifs is 1. The molecule has 106 valence electrons. The fraction of sp³-hybridized carbons (Fsp3) is 0.562. The lowest BCUT2D eigenvalue weighted by atomic mass is 9.95. The molecule has 0 bridgehead atoms. The Morgan fingerprint density at radius 2 is 2.10 bits per heavy atom. The number of aromatic nitrogens is 1. The Morgan fingerprint density at radius 1 is 1.15 bits per heavy atom. The summed E-state index contributed by atoms with van der Waals surface area (Å²) in [6.07, 6.45) is 6.64. The van der Waals surface area contributed by atoms with Crippen molar-refractivity contribution in [3.05, 3.63) is 24.3 Å². The highest BCUT2D eigenvalue weighted by molar-refractivity contribution is 7.22. The fourth-order valence-electron chi connectivity index (χ4n) is 3.64. The predicted octanol–water partition coefficient (Wildman–Crippen LogP) is 3.41. The maximum absolute atomic E-state index is 4.87. The standard InChI is InChI=1S/C16H21N3S/c1-2-9-15-13(6-1)18-16(20-15)19-11-4-3-8-14(19)12-7-5-10-17-12/h1-2,6,9,12,14,17H,3-5,7-8,10-11H2. The van der Waals surface area contributed by atoms with Crippen LogP contribution in [0.25, 0.3) is 10.2 Å². The summed E-state index contributed by atoms with van der Waals surface area (Å²) in [7, 11) is 0. The van der Waals surface area contributed by atoms with E-state index in [1.54, 1.807) is 0 Å². The van der Waals surface area contributed by atoms with Crippen LogP contribution in [0, 0.1) is 0 Å². The topological polar surface area (TPSA) is 28.2 Å². The highest BCUT2D eigenvalue weighted by Crippen LogP contribution is 2.34. The Labute approximate surface area is 124 Å². The predicted molar refractivity (Wildman–Crippen MR) is 85.6 cm³/mol. The van der Waals surface area contributed by atoms with Crippen molar-refractivity contribution < 1.29 is 0 Å². The number of benzene rings is 1. The largest absolute Gasteiger partial charge is 0.344 e. The van der Waals surface area contributed by atoms with Crippen LogP contribution in [-0.4, -0.2) is 30.2 Å². The van der Waals surface area contributed by atoms with Crippen LogP contribution < -0.4 is 10.2 Å². The molecule has 2 fully saturated rings. The summed E-state index contributed by atoms with van der Waals surface area (Å²) in [6.45, 7) is 2.36. The minimum absolute atomic E-state index is 0.645. The van der Waals surface area contributed by atoms with Gasteiger partial charge in [0.05, 0.1) is 10.2 Å². The smallest absolute Gasteiger partial charge is 0.186 e. The van der Waals surface area contributed by atoms with Gasteiger partial charge in [0.1, 0.15) is 0 Å². The molecule has 2 aromatic rings. The Balaban J connectivity index is 1.66. The summed E-state index contributed by atoms with van der Waals surface area (Å²) in [6, 6.07) is 9.81. The molecular weight excluding hydrogens is 266 g/mol. The Bertz CT molecular complexity index is 555. The lowest BCUT2D eigenvalue weighted by Gasteiger charge is -2.39. The molecular formula is C16H21N3S. The fourth-order valence-corrected chi connectivity index (χ4v) is 4.69. The van der Waals surface area contributed by atoms with Crippen molar-refractivity contribution in [3.8, 4) is 0 Å². The van der Waals surface area contributed by atoms with E-state index in [1.807, 2.05) is 11.3 Å². The third kappa shape index (κ3) is 2.21. The van der Waals surface area contributed by atoms with E-state index in [0.29, 0.717) is 12.1 Å². The van der Waals surface area contributed by atoms with Crippen molar-refractivity contribution in [2.45, 2.75) is 44.2 Å². The number of hydrogen-bond donors (Lipinski definition) is 1. The first kappa shape index (κ1) is 12.6. The van der Waals surface area contributed by atoms with Crippen molar-refractivity contribution in [2.75, 3.05) is 18.0 Å². The molecule has 4 rings (SSSR count). The van der Waals surface area contributed by atoms with Gasteiger partial charge in [-0.1, -0.05) is 23.5 Å². The molecule has 2 aliphatic rings. The average Bonchev–Trinajstić information content (AvgIpc) is 3.16. The van der Waals surface area contributed by atoms with Gasteiger partial charge in [-0.05, 0) is 50.8 Å². The zero-order valence-corrected chi connectivity index (χ0v) is 12.5. The number of rotatable bonds is 2. The lowest BCUT2D eigenvalue weighted by Crippen LogP contribution is -2.50. The third-order valence-corrected chi connectivity index (χ3v) is 5.71. The number of hydrogen-bond acceptors (Lipinski definition) is 4. The zero-order valence-electron chi connectivity index (χ0n) is 11.7. The summed E-state index contributed by atoms with van der Waals surface area (Å²) in [5.41, 5.74) is 1.15. The van der Waals surface area contributed by atoms with Gasteiger partial charge in [-0.25, -0.2) is 4.98 Å². The van der Waals surface area contributed by atoms with Crippen LogP contribution in [0.4, 0.5) is 5.13 Å². The van der Waals surface area contributed by atoms with Crippen molar-refractivity contribution in [3.63, 3.8) is 0 Å².